The Morgan fingerprint density at radius 3 is 2.25 bits per heavy atom. The molecule has 0 aliphatic rings. The molecule has 146 valence electrons. The highest BCUT2D eigenvalue weighted by molar-refractivity contribution is 7.89. The zero-order valence-corrected chi connectivity index (χ0v) is 16.4. The number of aryl methyl sites for hydroxylation is 1. The number of benzene rings is 2. The zero-order valence-electron chi connectivity index (χ0n) is 15.6. The standard InChI is InChI=1S/C20H21N3O4S/c1-15-3-5-16(6-4-15)19-11-12-20(23-22-19)27-14-13-21-28(24,25)18-9-7-17(26-2)8-10-18/h3-12,21H,13-14H2,1-2H3. The van der Waals surface area contributed by atoms with Gasteiger partial charge in [0.25, 0.3) is 0 Å². The molecule has 2 aromatic carbocycles. The minimum atomic E-state index is -3.61. The third kappa shape index (κ3) is 5.05. The lowest BCUT2D eigenvalue weighted by atomic mass is 10.1. The number of rotatable bonds is 8. The van der Waals surface area contributed by atoms with Crippen molar-refractivity contribution in [2.45, 2.75) is 11.8 Å². The number of methoxy groups -OCH3 is 1. The summed E-state index contributed by atoms with van der Waals surface area (Å²) >= 11 is 0. The third-order valence-electron chi connectivity index (χ3n) is 4.00. The van der Waals surface area contributed by atoms with Crippen LogP contribution in [0.25, 0.3) is 11.3 Å². The summed E-state index contributed by atoms with van der Waals surface area (Å²) < 4.78 is 37.4. The van der Waals surface area contributed by atoms with Crippen LogP contribution in [0.5, 0.6) is 11.6 Å². The number of sulfonamides is 1. The molecule has 0 saturated carbocycles. The number of nitrogens with zero attached hydrogens (tertiary/aromatic N) is 2. The van der Waals surface area contributed by atoms with Gasteiger partial charge in [-0.25, -0.2) is 13.1 Å². The van der Waals surface area contributed by atoms with E-state index in [4.69, 9.17) is 9.47 Å². The highest BCUT2D eigenvalue weighted by atomic mass is 32.2. The van der Waals surface area contributed by atoms with Gasteiger partial charge in [0.05, 0.1) is 17.7 Å². The molecule has 3 rings (SSSR count). The van der Waals surface area contributed by atoms with Gasteiger partial charge in [-0.15, -0.1) is 10.2 Å². The summed E-state index contributed by atoms with van der Waals surface area (Å²) in [6, 6.07) is 17.7. The molecule has 0 amide bonds. The van der Waals surface area contributed by atoms with E-state index in [1.807, 2.05) is 37.3 Å². The molecule has 0 radical (unpaired) electrons. The Bertz CT molecular complexity index is 1000. The van der Waals surface area contributed by atoms with E-state index in [9.17, 15) is 8.42 Å². The van der Waals surface area contributed by atoms with Gasteiger partial charge >= 0.3 is 0 Å². The molecule has 0 aliphatic heterocycles. The molecular weight excluding hydrogens is 378 g/mol. The molecule has 0 unspecified atom stereocenters. The lowest BCUT2D eigenvalue weighted by molar-refractivity contribution is 0.307. The van der Waals surface area contributed by atoms with Gasteiger partial charge in [-0.1, -0.05) is 29.8 Å². The molecular formula is C20H21N3O4S. The van der Waals surface area contributed by atoms with Crippen molar-refractivity contribution in [3.8, 4) is 22.9 Å². The van der Waals surface area contributed by atoms with Crippen molar-refractivity contribution < 1.29 is 17.9 Å². The predicted molar refractivity (Wildman–Crippen MR) is 106 cm³/mol. The molecule has 0 bridgehead atoms. The Morgan fingerprint density at radius 1 is 0.929 bits per heavy atom. The number of ether oxygens (including phenoxy) is 2. The first-order chi connectivity index (χ1) is 13.5. The fourth-order valence-electron chi connectivity index (χ4n) is 2.45. The third-order valence-corrected chi connectivity index (χ3v) is 5.48. The smallest absolute Gasteiger partial charge is 0.240 e. The lowest BCUT2D eigenvalue weighted by Crippen LogP contribution is -2.28. The van der Waals surface area contributed by atoms with Crippen molar-refractivity contribution in [3.05, 3.63) is 66.2 Å². The number of aromatic nitrogens is 2. The summed E-state index contributed by atoms with van der Waals surface area (Å²) in [7, 11) is -2.08. The van der Waals surface area contributed by atoms with Crippen LogP contribution in [0.1, 0.15) is 5.56 Å². The highest BCUT2D eigenvalue weighted by Gasteiger charge is 2.13. The van der Waals surface area contributed by atoms with E-state index in [-0.39, 0.29) is 18.0 Å². The van der Waals surface area contributed by atoms with E-state index in [2.05, 4.69) is 14.9 Å². The van der Waals surface area contributed by atoms with Crippen LogP contribution in [-0.2, 0) is 10.0 Å². The molecule has 0 saturated heterocycles. The number of hydrogen-bond donors (Lipinski definition) is 1. The molecule has 8 heteroatoms. The van der Waals surface area contributed by atoms with Gasteiger partial charge in [0.1, 0.15) is 12.4 Å². The number of nitrogens with one attached hydrogen (secondary N) is 1. The normalized spacial score (nSPS) is 11.2. The van der Waals surface area contributed by atoms with Crippen molar-refractivity contribution in [1.29, 1.82) is 0 Å². The second-order valence-electron chi connectivity index (χ2n) is 6.04. The maximum Gasteiger partial charge on any atom is 0.240 e. The van der Waals surface area contributed by atoms with E-state index in [0.29, 0.717) is 11.6 Å². The molecule has 0 fully saturated rings. The van der Waals surface area contributed by atoms with E-state index in [0.717, 1.165) is 11.3 Å². The topological polar surface area (TPSA) is 90.4 Å². The summed E-state index contributed by atoms with van der Waals surface area (Å²) in [5, 5.41) is 8.17. The molecule has 28 heavy (non-hydrogen) atoms. The summed E-state index contributed by atoms with van der Waals surface area (Å²) in [5.41, 5.74) is 2.89. The second-order valence-corrected chi connectivity index (χ2v) is 7.81. The average Bonchev–Trinajstić information content (AvgIpc) is 2.72. The van der Waals surface area contributed by atoms with Gasteiger partial charge in [0.15, 0.2) is 0 Å². The van der Waals surface area contributed by atoms with Crippen LogP contribution < -0.4 is 14.2 Å². The van der Waals surface area contributed by atoms with Gasteiger partial charge in [-0.3, -0.25) is 0 Å². The molecule has 1 N–H and O–H groups in total. The van der Waals surface area contributed by atoms with Crippen molar-refractivity contribution in [2.24, 2.45) is 0 Å². The highest BCUT2D eigenvalue weighted by Crippen LogP contribution is 2.18. The molecule has 0 atom stereocenters. The zero-order chi connectivity index (χ0) is 20.0. The lowest BCUT2D eigenvalue weighted by Gasteiger charge is -2.09. The maximum absolute atomic E-state index is 12.2. The largest absolute Gasteiger partial charge is 0.497 e. The summed E-state index contributed by atoms with van der Waals surface area (Å²) in [4.78, 5) is 0.163. The quantitative estimate of drug-likeness (QED) is 0.586. The van der Waals surface area contributed by atoms with Crippen LogP contribution in [0.15, 0.2) is 65.6 Å². The number of hydrogen-bond acceptors (Lipinski definition) is 6. The van der Waals surface area contributed by atoms with Crippen molar-refractivity contribution in [3.63, 3.8) is 0 Å². The van der Waals surface area contributed by atoms with Gasteiger partial charge in [-0.2, -0.15) is 0 Å². The SMILES string of the molecule is COc1ccc(S(=O)(=O)NCCOc2ccc(-c3ccc(C)cc3)nn2)cc1. The van der Waals surface area contributed by atoms with Crippen LogP contribution in [0, 0.1) is 6.92 Å². The summed E-state index contributed by atoms with van der Waals surface area (Å²) in [6.45, 7) is 2.26. The predicted octanol–water partition coefficient (Wildman–Crippen LogP) is 2.82. The first kappa shape index (κ1) is 19.8. The molecule has 1 heterocycles. The minimum Gasteiger partial charge on any atom is -0.497 e. The Balaban J connectivity index is 1.51. The monoisotopic (exact) mass is 399 g/mol. The van der Waals surface area contributed by atoms with Crippen LogP contribution in [0.2, 0.25) is 0 Å². The van der Waals surface area contributed by atoms with Gasteiger partial charge in [-0.05, 0) is 37.3 Å². The van der Waals surface area contributed by atoms with Crippen molar-refractivity contribution >= 4 is 10.0 Å². The average molecular weight is 399 g/mol. The molecule has 3 aromatic rings. The fourth-order valence-corrected chi connectivity index (χ4v) is 3.46. The van der Waals surface area contributed by atoms with Crippen LogP contribution in [0.4, 0.5) is 0 Å². The Kier molecular flexibility index (Phi) is 6.23. The molecule has 1 aromatic heterocycles. The Hall–Kier alpha value is -2.97. The van der Waals surface area contributed by atoms with Crippen molar-refractivity contribution in [2.75, 3.05) is 20.3 Å². The van der Waals surface area contributed by atoms with Gasteiger partial charge in [0.2, 0.25) is 15.9 Å². The molecule has 0 aliphatic carbocycles. The van der Waals surface area contributed by atoms with Crippen LogP contribution in [-0.4, -0.2) is 38.9 Å². The van der Waals surface area contributed by atoms with Crippen LogP contribution >= 0.6 is 0 Å². The Labute approximate surface area is 164 Å². The molecule has 7 nitrogen and oxygen atoms in total. The van der Waals surface area contributed by atoms with Crippen LogP contribution in [0.3, 0.4) is 0 Å². The van der Waals surface area contributed by atoms with Gasteiger partial charge in [0, 0.05) is 18.2 Å². The molecule has 0 spiro atoms. The van der Waals surface area contributed by atoms with E-state index < -0.39 is 10.0 Å². The first-order valence-corrected chi connectivity index (χ1v) is 10.1. The minimum absolute atomic E-state index is 0.107. The summed E-state index contributed by atoms with van der Waals surface area (Å²) in [6.07, 6.45) is 0. The fraction of sp³-hybridized carbons (Fsp3) is 0.200. The maximum atomic E-state index is 12.2. The Morgan fingerprint density at radius 2 is 1.64 bits per heavy atom. The summed E-state index contributed by atoms with van der Waals surface area (Å²) in [5.74, 6) is 0.925. The van der Waals surface area contributed by atoms with E-state index >= 15 is 0 Å². The second kappa shape index (κ2) is 8.81. The van der Waals surface area contributed by atoms with Gasteiger partial charge < -0.3 is 9.47 Å². The van der Waals surface area contributed by atoms with E-state index in [1.54, 1.807) is 18.2 Å². The van der Waals surface area contributed by atoms with Crippen molar-refractivity contribution in [1.82, 2.24) is 14.9 Å². The van der Waals surface area contributed by atoms with E-state index in [1.165, 1.54) is 24.8 Å². The first-order valence-electron chi connectivity index (χ1n) is 8.65.